The molecule has 104 valence electrons. The van der Waals surface area contributed by atoms with Crippen LogP contribution in [0.1, 0.15) is 0 Å². The van der Waals surface area contributed by atoms with E-state index in [1.54, 1.807) is 30.0 Å². The molecule has 0 atom stereocenters. The van der Waals surface area contributed by atoms with Gasteiger partial charge in [-0.15, -0.1) is 11.8 Å². The van der Waals surface area contributed by atoms with Gasteiger partial charge in [-0.3, -0.25) is 4.79 Å². The van der Waals surface area contributed by atoms with Crippen LogP contribution in [0.4, 0.5) is 10.1 Å². The van der Waals surface area contributed by atoms with Gasteiger partial charge in [-0.1, -0.05) is 18.2 Å². The molecule has 5 heteroatoms. The molecule has 0 radical (unpaired) electrons. The number of nitrogens with one attached hydrogen (secondary N) is 1. The first-order valence-corrected chi connectivity index (χ1v) is 7.23. The molecule has 0 bridgehead atoms. The Bertz CT molecular complexity index is 604. The molecule has 0 saturated carbocycles. The number of ether oxygens (including phenoxy) is 1. The summed E-state index contributed by atoms with van der Waals surface area (Å²) in [5, 5.41) is 2.71. The summed E-state index contributed by atoms with van der Waals surface area (Å²) in [6.45, 7) is -0.232. The normalized spacial score (nSPS) is 10.1. The van der Waals surface area contributed by atoms with Gasteiger partial charge in [0.1, 0.15) is 0 Å². The Labute approximate surface area is 121 Å². The molecule has 1 N–H and O–H groups in total. The second kappa shape index (κ2) is 6.96. The highest BCUT2D eigenvalue weighted by molar-refractivity contribution is 7.98. The minimum Gasteiger partial charge on any atom is -0.481 e. The molecule has 3 nitrogen and oxygen atoms in total. The minimum absolute atomic E-state index is 0.0699. The third-order valence-corrected chi connectivity index (χ3v) is 3.27. The van der Waals surface area contributed by atoms with E-state index in [1.807, 2.05) is 24.5 Å². The van der Waals surface area contributed by atoms with Gasteiger partial charge in [0, 0.05) is 10.6 Å². The fourth-order valence-corrected chi connectivity index (χ4v) is 2.06. The molecule has 0 heterocycles. The predicted molar refractivity (Wildman–Crippen MR) is 78.7 cm³/mol. The number of rotatable bonds is 5. The fourth-order valence-electron chi connectivity index (χ4n) is 1.60. The first-order chi connectivity index (χ1) is 9.69. The molecule has 0 spiro atoms. The van der Waals surface area contributed by atoms with Crippen LogP contribution < -0.4 is 10.1 Å². The maximum absolute atomic E-state index is 13.3. The molecule has 2 aromatic carbocycles. The molecule has 0 fully saturated rings. The number of hydrogen-bond acceptors (Lipinski definition) is 3. The van der Waals surface area contributed by atoms with Crippen LogP contribution in [0.2, 0.25) is 0 Å². The smallest absolute Gasteiger partial charge is 0.262 e. The summed E-state index contributed by atoms with van der Waals surface area (Å²) < 4.78 is 18.4. The lowest BCUT2D eigenvalue weighted by Gasteiger charge is -2.08. The van der Waals surface area contributed by atoms with Crippen LogP contribution in [0.5, 0.6) is 5.75 Å². The average Bonchev–Trinajstić information content (AvgIpc) is 2.46. The zero-order valence-electron chi connectivity index (χ0n) is 10.9. The van der Waals surface area contributed by atoms with Crippen LogP contribution in [0.15, 0.2) is 53.4 Å². The van der Waals surface area contributed by atoms with Crippen molar-refractivity contribution in [2.75, 3.05) is 18.2 Å². The minimum atomic E-state index is -0.482. The van der Waals surface area contributed by atoms with Crippen molar-refractivity contribution in [3.63, 3.8) is 0 Å². The summed E-state index contributed by atoms with van der Waals surface area (Å²) in [5.41, 5.74) is 0.694. The van der Waals surface area contributed by atoms with E-state index in [0.29, 0.717) is 5.69 Å². The molecule has 0 aliphatic carbocycles. The lowest BCUT2D eigenvalue weighted by Crippen LogP contribution is -2.20. The third kappa shape index (κ3) is 3.99. The van der Waals surface area contributed by atoms with Gasteiger partial charge in [-0.05, 0) is 36.6 Å². The van der Waals surface area contributed by atoms with Crippen molar-refractivity contribution in [1.29, 1.82) is 0 Å². The number of carbonyl (C=O) groups excluding carboxylic acids is 1. The van der Waals surface area contributed by atoms with Crippen LogP contribution in [-0.4, -0.2) is 18.8 Å². The van der Waals surface area contributed by atoms with E-state index in [1.165, 1.54) is 12.1 Å². The van der Waals surface area contributed by atoms with E-state index in [-0.39, 0.29) is 18.3 Å². The van der Waals surface area contributed by atoms with Crippen LogP contribution in [-0.2, 0) is 4.79 Å². The Morgan fingerprint density at radius 2 is 2.05 bits per heavy atom. The molecule has 0 aromatic heterocycles. The van der Waals surface area contributed by atoms with Crippen molar-refractivity contribution in [3.05, 3.63) is 54.3 Å². The number of para-hydroxylation sites is 1. The van der Waals surface area contributed by atoms with Crippen LogP contribution in [0, 0.1) is 5.82 Å². The van der Waals surface area contributed by atoms with Gasteiger partial charge < -0.3 is 10.1 Å². The van der Waals surface area contributed by atoms with Gasteiger partial charge in [0.25, 0.3) is 5.91 Å². The largest absolute Gasteiger partial charge is 0.481 e. The highest BCUT2D eigenvalue weighted by Crippen LogP contribution is 2.19. The standard InChI is InChI=1S/C15H14FNO2S/c1-20-12-6-4-5-11(9-12)17-15(18)10-19-14-8-3-2-7-13(14)16/h2-9H,10H2,1H3,(H,17,18). The molecule has 0 aliphatic heterocycles. The molecule has 1 amide bonds. The number of halogens is 1. The lowest BCUT2D eigenvalue weighted by atomic mass is 10.3. The molecule has 2 aromatic rings. The molecular weight excluding hydrogens is 277 g/mol. The van der Waals surface area contributed by atoms with Gasteiger partial charge in [0.2, 0.25) is 0 Å². The molecule has 20 heavy (non-hydrogen) atoms. The quantitative estimate of drug-likeness (QED) is 0.856. The van der Waals surface area contributed by atoms with Crippen molar-refractivity contribution in [1.82, 2.24) is 0 Å². The summed E-state index contributed by atoms with van der Waals surface area (Å²) >= 11 is 1.59. The number of anilines is 1. The second-order valence-corrected chi connectivity index (χ2v) is 4.88. The fraction of sp³-hybridized carbons (Fsp3) is 0.133. The monoisotopic (exact) mass is 291 g/mol. The lowest BCUT2D eigenvalue weighted by molar-refractivity contribution is -0.118. The maximum atomic E-state index is 13.3. The Hall–Kier alpha value is -2.01. The highest BCUT2D eigenvalue weighted by atomic mass is 32.2. The molecule has 2 rings (SSSR count). The van der Waals surface area contributed by atoms with Crippen molar-refractivity contribution in [2.24, 2.45) is 0 Å². The summed E-state index contributed by atoms with van der Waals surface area (Å²) in [6, 6.07) is 13.5. The van der Waals surface area contributed by atoms with Crippen molar-refractivity contribution in [3.8, 4) is 5.75 Å². The topological polar surface area (TPSA) is 38.3 Å². The average molecular weight is 291 g/mol. The van der Waals surface area contributed by atoms with Crippen molar-refractivity contribution in [2.45, 2.75) is 4.90 Å². The summed E-state index contributed by atoms with van der Waals surface area (Å²) in [4.78, 5) is 12.8. The first kappa shape index (κ1) is 14.4. The Kier molecular flexibility index (Phi) is 5.01. The summed E-state index contributed by atoms with van der Waals surface area (Å²) in [7, 11) is 0. The van der Waals surface area contributed by atoms with Gasteiger partial charge >= 0.3 is 0 Å². The van der Waals surface area contributed by atoms with Gasteiger partial charge in [0.15, 0.2) is 18.2 Å². The SMILES string of the molecule is CSc1cccc(NC(=O)COc2ccccc2F)c1. The molecule has 0 unspecified atom stereocenters. The van der Waals surface area contributed by atoms with E-state index < -0.39 is 5.82 Å². The van der Waals surface area contributed by atoms with E-state index in [4.69, 9.17) is 4.74 Å². The molecule has 0 saturated heterocycles. The maximum Gasteiger partial charge on any atom is 0.262 e. The first-order valence-electron chi connectivity index (χ1n) is 6.00. The number of carbonyl (C=O) groups is 1. The van der Waals surface area contributed by atoms with E-state index in [9.17, 15) is 9.18 Å². The second-order valence-electron chi connectivity index (χ2n) is 4.00. The van der Waals surface area contributed by atoms with Crippen molar-refractivity contribution >= 4 is 23.4 Å². The van der Waals surface area contributed by atoms with Crippen LogP contribution in [0.3, 0.4) is 0 Å². The van der Waals surface area contributed by atoms with Crippen molar-refractivity contribution < 1.29 is 13.9 Å². The molecule has 0 aliphatic rings. The van der Waals surface area contributed by atoms with Gasteiger partial charge in [0.05, 0.1) is 0 Å². The van der Waals surface area contributed by atoms with Crippen LogP contribution in [0.25, 0.3) is 0 Å². The van der Waals surface area contributed by atoms with E-state index in [0.717, 1.165) is 4.90 Å². The Morgan fingerprint density at radius 3 is 2.80 bits per heavy atom. The zero-order valence-corrected chi connectivity index (χ0v) is 11.7. The predicted octanol–water partition coefficient (Wildman–Crippen LogP) is 3.57. The van der Waals surface area contributed by atoms with E-state index >= 15 is 0 Å². The summed E-state index contributed by atoms with van der Waals surface area (Å²) in [5.74, 6) is -0.739. The Balaban J connectivity index is 1.91. The number of hydrogen-bond donors (Lipinski definition) is 1. The highest BCUT2D eigenvalue weighted by Gasteiger charge is 2.06. The van der Waals surface area contributed by atoms with Crippen LogP contribution >= 0.6 is 11.8 Å². The zero-order chi connectivity index (χ0) is 14.4. The third-order valence-electron chi connectivity index (χ3n) is 2.55. The number of thioether (sulfide) groups is 1. The van der Waals surface area contributed by atoms with Gasteiger partial charge in [-0.25, -0.2) is 4.39 Å². The van der Waals surface area contributed by atoms with E-state index in [2.05, 4.69) is 5.32 Å². The molecular formula is C15H14FNO2S. The number of amides is 1. The summed E-state index contributed by atoms with van der Waals surface area (Å²) in [6.07, 6.45) is 1.96. The number of benzene rings is 2. The Morgan fingerprint density at radius 1 is 1.25 bits per heavy atom. The van der Waals surface area contributed by atoms with Gasteiger partial charge in [-0.2, -0.15) is 0 Å².